The highest BCUT2D eigenvalue weighted by Gasteiger charge is 2.20. The Hall–Kier alpha value is -2.75. The van der Waals surface area contributed by atoms with Crippen molar-refractivity contribution in [3.05, 3.63) is 59.2 Å². The average molecular weight is 267 g/mol. The van der Waals surface area contributed by atoms with Gasteiger partial charge in [-0.05, 0) is 30.7 Å². The summed E-state index contributed by atoms with van der Waals surface area (Å²) in [6.07, 6.45) is 0. The van der Waals surface area contributed by atoms with E-state index >= 15 is 0 Å². The van der Waals surface area contributed by atoms with Gasteiger partial charge in [0.15, 0.2) is 0 Å². The number of rotatable bonds is 2. The maximum Gasteiger partial charge on any atom is 0.292 e. The average Bonchev–Trinajstić information content (AvgIpc) is 2.74. The van der Waals surface area contributed by atoms with E-state index in [2.05, 4.69) is 0 Å². The van der Waals surface area contributed by atoms with Crippen molar-refractivity contribution in [3.8, 4) is 11.7 Å². The van der Waals surface area contributed by atoms with E-state index in [1.54, 1.807) is 6.07 Å². The van der Waals surface area contributed by atoms with Gasteiger partial charge >= 0.3 is 0 Å². The number of aryl methyl sites for hydroxylation is 1. The normalized spacial score (nSPS) is 10.8. The van der Waals surface area contributed by atoms with Crippen LogP contribution in [0, 0.1) is 12.3 Å². The minimum atomic E-state index is -0.307. The van der Waals surface area contributed by atoms with Gasteiger partial charge in [-0.1, -0.05) is 24.3 Å². The van der Waals surface area contributed by atoms with Crippen LogP contribution in [-0.2, 0) is 0 Å². The standard InChI is InChI=1S/C16H13NO3/c1-9-4-2-3-5-11(9)15(17)14-12-8-10(18)6-7-13(12)20-16(14)19/h2-8,17-19H,1H3. The van der Waals surface area contributed by atoms with Gasteiger partial charge in [0.1, 0.15) is 11.3 Å². The SMILES string of the molecule is Cc1ccccc1C(=N)c1c(O)oc2ccc(O)cc12. The summed E-state index contributed by atoms with van der Waals surface area (Å²) in [6, 6.07) is 12.0. The van der Waals surface area contributed by atoms with Crippen molar-refractivity contribution in [2.24, 2.45) is 0 Å². The maximum atomic E-state index is 9.96. The molecule has 0 fully saturated rings. The third kappa shape index (κ3) is 1.82. The molecular weight excluding hydrogens is 254 g/mol. The molecule has 0 amide bonds. The molecule has 0 saturated heterocycles. The largest absolute Gasteiger partial charge is 0.508 e. The first-order valence-corrected chi connectivity index (χ1v) is 6.17. The quantitative estimate of drug-likeness (QED) is 0.621. The lowest BCUT2D eigenvalue weighted by atomic mass is 9.97. The van der Waals surface area contributed by atoms with Crippen LogP contribution in [0.2, 0.25) is 0 Å². The highest BCUT2D eigenvalue weighted by molar-refractivity contribution is 6.19. The van der Waals surface area contributed by atoms with Crippen molar-refractivity contribution in [2.45, 2.75) is 6.92 Å². The Bertz CT molecular complexity index is 818. The van der Waals surface area contributed by atoms with Crippen LogP contribution in [-0.4, -0.2) is 15.9 Å². The molecular formula is C16H13NO3. The van der Waals surface area contributed by atoms with E-state index < -0.39 is 0 Å². The number of phenolic OH excluding ortho intramolecular Hbond substituents is 1. The molecule has 4 heteroatoms. The highest BCUT2D eigenvalue weighted by Crippen LogP contribution is 2.34. The van der Waals surface area contributed by atoms with Crippen LogP contribution < -0.4 is 0 Å². The minimum Gasteiger partial charge on any atom is -0.508 e. The second-order valence-electron chi connectivity index (χ2n) is 4.65. The summed E-state index contributed by atoms with van der Waals surface area (Å²) in [7, 11) is 0. The number of benzene rings is 2. The second kappa shape index (κ2) is 4.42. The lowest BCUT2D eigenvalue weighted by Gasteiger charge is -2.06. The first-order valence-electron chi connectivity index (χ1n) is 6.17. The van der Waals surface area contributed by atoms with Gasteiger partial charge in [0, 0.05) is 10.9 Å². The van der Waals surface area contributed by atoms with Crippen LogP contribution in [0.5, 0.6) is 11.7 Å². The first-order chi connectivity index (χ1) is 9.58. The van der Waals surface area contributed by atoms with Crippen LogP contribution in [0.4, 0.5) is 0 Å². The molecule has 1 heterocycles. The summed E-state index contributed by atoms with van der Waals surface area (Å²) in [6.45, 7) is 1.90. The number of hydrogen-bond donors (Lipinski definition) is 3. The molecule has 0 aliphatic rings. The number of phenols is 1. The molecule has 3 N–H and O–H groups in total. The van der Waals surface area contributed by atoms with E-state index in [0.29, 0.717) is 22.1 Å². The van der Waals surface area contributed by atoms with Crippen LogP contribution >= 0.6 is 0 Å². The topological polar surface area (TPSA) is 77.5 Å². The molecule has 4 nitrogen and oxygen atoms in total. The van der Waals surface area contributed by atoms with Gasteiger partial charge in [-0.15, -0.1) is 0 Å². The van der Waals surface area contributed by atoms with Gasteiger partial charge in [0.25, 0.3) is 5.95 Å². The molecule has 100 valence electrons. The molecule has 2 aromatic carbocycles. The molecule has 3 rings (SSSR count). The molecule has 0 bridgehead atoms. The van der Waals surface area contributed by atoms with Crippen molar-refractivity contribution in [2.75, 3.05) is 0 Å². The van der Waals surface area contributed by atoms with Crippen molar-refractivity contribution in [1.82, 2.24) is 0 Å². The molecule has 0 radical (unpaired) electrons. The molecule has 20 heavy (non-hydrogen) atoms. The van der Waals surface area contributed by atoms with Gasteiger partial charge in [-0.25, -0.2) is 0 Å². The van der Waals surface area contributed by atoms with Crippen molar-refractivity contribution in [1.29, 1.82) is 5.41 Å². The molecule has 0 aliphatic heterocycles. The Labute approximate surface area is 115 Å². The van der Waals surface area contributed by atoms with Gasteiger partial charge in [-0.3, -0.25) is 5.41 Å². The fraction of sp³-hybridized carbons (Fsp3) is 0.0625. The number of nitrogens with one attached hydrogen (secondary N) is 1. The van der Waals surface area contributed by atoms with Crippen LogP contribution in [0.1, 0.15) is 16.7 Å². The molecule has 0 aliphatic carbocycles. The molecule has 0 saturated carbocycles. The van der Waals surface area contributed by atoms with Crippen molar-refractivity contribution >= 4 is 16.7 Å². The summed E-state index contributed by atoms with van der Waals surface area (Å²) in [5, 5.41) is 28.4. The van der Waals surface area contributed by atoms with Crippen molar-refractivity contribution in [3.63, 3.8) is 0 Å². The highest BCUT2D eigenvalue weighted by atomic mass is 16.5. The van der Waals surface area contributed by atoms with Gasteiger partial charge in [0.05, 0.1) is 11.3 Å². The fourth-order valence-electron chi connectivity index (χ4n) is 2.30. The molecule has 0 spiro atoms. The third-order valence-electron chi connectivity index (χ3n) is 3.32. The van der Waals surface area contributed by atoms with E-state index in [-0.39, 0.29) is 17.4 Å². The Morgan fingerprint density at radius 3 is 2.60 bits per heavy atom. The van der Waals surface area contributed by atoms with E-state index in [4.69, 9.17) is 9.83 Å². The van der Waals surface area contributed by atoms with Crippen LogP contribution in [0.3, 0.4) is 0 Å². The molecule has 0 atom stereocenters. The van der Waals surface area contributed by atoms with E-state index in [0.717, 1.165) is 5.56 Å². The van der Waals surface area contributed by atoms with Gasteiger partial charge < -0.3 is 14.6 Å². The van der Waals surface area contributed by atoms with Gasteiger partial charge in [0.2, 0.25) is 0 Å². The number of fused-ring (bicyclic) bond motifs is 1. The monoisotopic (exact) mass is 267 g/mol. The zero-order valence-corrected chi connectivity index (χ0v) is 10.8. The molecule has 0 unspecified atom stereocenters. The zero-order valence-electron chi connectivity index (χ0n) is 10.8. The lowest BCUT2D eigenvalue weighted by Crippen LogP contribution is -2.03. The number of furan rings is 1. The Balaban J connectivity index is 2.24. The van der Waals surface area contributed by atoms with Crippen LogP contribution in [0.15, 0.2) is 46.9 Å². The Morgan fingerprint density at radius 2 is 1.85 bits per heavy atom. The van der Waals surface area contributed by atoms with Gasteiger partial charge in [-0.2, -0.15) is 0 Å². The predicted molar refractivity (Wildman–Crippen MR) is 76.7 cm³/mol. The third-order valence-corrected chi connectivity index (χ3v) is 3.32. The first kappa shape index (κ1) is 12.3. The lowest BCUT2D eigenvalue weighted by molar-refractivity contribution is 0.345. The van der Waals surface area contributed by atoms with Crippen molar-refractivity contribution < 1.29 is 14.6 Å². The maximum absolute atomic E-state index is 9.96. The predicted octanol–water partition coefficient (Wildman–Crippen LogP) is 3.57. The Kier molecular flexibility index (Phi) is 2.71. The fourth-order valence-corrected chi connectivity index (χ4v) is 2.30. The number of aromatic hydroxyl groups is 2. The molecule has 3 aromatic rings. The summed E-state index contributed by atoms with van der Waals surface area (Å²) in [4.78, 5) is 0. The van der Waals surface area contributed by atoms with Crippen LogP contribution in [0.25, 0.3) is 11.0 Å². The summed E-state index contributed by atoms with van der Waals surface area (Å²) in [5.74, 6) is -0.240. The smallest absolute Gasteiger partial charge is 0.292 e. The van der Waals surface area contributed by atoms with E-state index in [1.807, 2.05) is 31.2 Å². The summed E-state index contributed by atoms with van der Waals surface area (Å²) in [5.41, 5.74) is 2.56. The number of hydrogen-bond acceptors (Lipinski definition) is 4. The summed E-state index contributed by atoms with van der Waals surface area (Å²) >= 11 is 0. The van der Waals surface area contributed by atoms with E-state index in [9.17, 15) is 10.2 Å². The minimum absolute atomic E-state index is 0.0668. The zero-order chi connectivity index (χ0) is 14.3. The van der Waals surface area contributed by atoms with E-state index in [1.165, 1.54) is 12.1 Å². The Morgan fingerprint density at radius 1 is 1.10 bits per heavy atom. The second-order valence-corrected chi connectivity index (χ2v) is 4.65. The molecule has 1 aromatic heterocycles. The summed E-state index contributed by atoms with van der Waals surface area (Å²) < 4.78 is 5.24.